The molecule has 0 spiro atoms. The van der Waals surface area contributed by atoms with Crippen molar-refractivity contribution in [3.05, 3.63) is 67.3 Å². The van der Waals surface area contributed by atoms with Crippen LogP contribution in [0.15, 0.2) is 40.5 Å². The van der Waals surface area contributed by atoms with E-state index in [1.165, 1.54) is 22.8 Å². The predicted octanol–water partition coefficient (Wildman–Crippen LogP) is 2.42. The molecule has 2 heterocycles. The van der Waals surface area contributed by atoms with Gasteiger partial charge in [0.15, 0.2) is 5.75 Å². The van der Waals surface area contributed by atoms with Crippen molar-refractivity contribution in [2.24, 2.45) is 0 Å². The topological polar surface area (TPSA) is 123 Å². The third kappa shape index (κ3) is 2.50. The average Bonchev–Trinajstić information content (AvgIpc) is 3.00. The fourth-order valence-electron chi connectivity index (χ4n) is 2.46. The van der Waals surface area contributed by atoms with Gasteiger partial charge < -0.3 is 10.2 Å². The summed E-state index contributed by atoms with van der Waals surface area (Å²) in [6, 6.07) is 7.34. The van der Waals surface area contributed by atoms with Crippen LogP contribution in [0.4, 0.5) is 5.69 Å². The number of carboxylic acids is 1. The van der Waals surface area contributed by atoms with Crippen molar-refractivity contribution in [2.75, 3.05) is 0 Å². The third-order valence-corrected chi connectivity index (χ3v) is 4.44. The van der Waals surface area contributed by atoms with E-state index in [4.69, 9.17) is 0 Å². The average molecular weight is 346 g/mol. The van der Waals surface area contributed by atoms with Crippen molar-refractivity contribution in [3.8, 4) is 5.75 Å². The molecule has 0 aliphatic rings. The maximum Gasteiger partial charge on any atom is 0.341 e. The highest BCUT2D eigenvalue weighted by Crippen LogP contribution is 2.29. The lowest BCUT2D eigenvalue weighted by atomic mass is 10.1. The lowest BCUT2D eigenvalue weighted by molar-refractivity contribution is -0.384. The molecule has 0 saturated carbocycles. The standard InChI is InChI=1S/C15H10N2O6S/c18-12-11(15(20)21)13-10(4-5-24-13)16(14(12)19)7-8-2-1-3-9(6-8)17(22)23/h1-6,18H,7H2,(H,20,21). The Hall–Kier alpha value is -3.20. The Morgan fingerprint density at radius 1 is 1.33 bits per heavy atom. The van der Waals surface area contributed by atoms with E-state index in [0.717, 1.165) is 11.3 Å². The summed E-state index contributed by atoms with van der Waals surface area (Å²) in [5.74, 6) is -2.23. The molecular weight excluding hydrogens is 336 g/mol. The van der Waals surface area contributed by atoms with Crippen LogP contribution in [0.3, 0.4) is 0 Å². The van der Waals surface area contributed by atoms with E-state index >= 15 is 0 Å². The number of fused-ring (bicyclic) bond motifs is 1. The van der Waals surface area contributed by atoms with E-state index in [0.29, 0.717) is 11.1 Å². The number of pyridine rings is 1. The molecule has 3 aromatic rings. The van der Waals surface area contributed by atoms with E-state index < -0.39 is 27.8 Å². The lowest BCUT2D eigenvalue weighted by Gasteiger charge is -2.11. The van der Waals surface area contributed by atoms with Gasteiger partial charge in [-0.3, -0.25) is 19.5 Å². The number of aromatic carboxylic acids is 1. The van der Waals surface area contributed by atoms with Gasteiger partial charge >= 0.3 is 5.97 Å². The normalized spacial score (nSPS) is 10.8. The number of non-ortho nitro benzene ring substituents is 1. The first-order chi connectivity index (χ1) is 11.4. The van der Waals surface area contributed by atoms with Gasteiger partial charge in [0, 0.05) is 12.1 Å². The zero-order valence-electron chi connectivity index (χ0n) is 12.0. The summed E-state index contributed by atoms with van der Waals surface area (Å²) >= 11 is 1.09. The van der Waals surface area contributed by atoms with Gasteiger partial charge in [0.25, 0.3) is 11.2 Å². The van der Waals surface area contributed by atoms with Crippen molar-refractivity contribution < 1.29 is 19.9 Å². The summed E-state index contributed by atoms with van der Waals surface area (Å²) in [5.41, 5.74) is -0.563. The molecule has 9 heteroatoms. The second kappa shape index (κ2) is 5.78. The number of hydrogen-bond acceptors (Lipinski definition) is 6. The van der Waals surface area contributed by atoms with E-state index in [-0.39, 0.29) is 16.9 Å². The minimum absolute atomic E-state index is 0.0266. The first-order valence-corrected chi connectivity index (χ1v) is 7.57. The van der Waals surface area contributed by atoms with E-state index in [1.54, 1.807) is 17.5 Å². The molecule has 122 valence electrons. The van der Waals surface area contributed by atoms with Crippen LogP contribution in [-0.2, 0) is 6.54 Å². The second-order valence-electron chi connectivity index (χ2n) is 4.98. The van der Waals surface area contributed by atoms with Gasteiger partial charge in [-0.05, 0) is 17.0 Å². The molecule has 0 unspecified atom stereocenters. The fraction of sp³-hybridized carbons (Fsp3) is 0.0667. The number of aromatic nitrogens is 1. The number of carbonyl (C=O) groups is 1. The van der Waals surface area contributed by atoms with Gasteiger partial charge in [-0.2, -0.15) is 0 Å². The first kappa shape index (κ1) is 15.7. The van der Waals surface area contributed by atoms with Crippen LogP contribution in [0.5, 0.6) is 5.75 Å². The molecule has 0 aliphatic heterocycles. The van der Waals surface area contributed by atoms with Crippen molar-refractivity contribution in [1.29, 1.82) is 0 Å². The van der Waals surface area contributed by atoms with Crippen molar-refractivity contribution >= 4 is 33.2 Å². The lowest BCUT2D eigenvalue weighted by Crippen LogP contribution is -2.22. The second-order valence-corrected chi connectivity index (χ2v) is 5.90. The van der Waals surface area contributed by atoms with E-state index in [2.05, 4.69) is 0 Å². The Morgan fingerprint density at radius 2 is 2.08 bits per heavy atom. The predicted molar refractivity (Wildman–Crippen MR) is 86.9 cm³/mol. The smallest absolute Gasteiger partial charge is 0.341 e. The van der Waals surface area contributed by atoms with E-state index in [9.17, 15) is 29.9 Å². The molecule has 1 aromatic carbocycles. The summed E-state index contributed by atoms with van der Waals surface area (Å²) < 4.78 is 1.47. The van der Waals surface area contributed by atoms with Crippen LogP contribution in [0.25, 0.3) is 10.2 Å². The minimum atomic E-state index is -1.39. The number of aromatic hydroxyl groups is 1. The van der Waals surface area contributed by atoms with Gasteiger partial charge in [-0.1, -0.05) is 12.1 Å². The summed E-state index contributed by atoms with van der Waals surface area (Å²) in [5, 5.41) is 31.6. The molecule has 2 N–H and O–H groups in total. The molecule has 0 fully saturated rings. The molecule has 24 heavy (non-hydrogen) atoms. The van der Waals surface area contributed by atoms with Gasteiger partial charge in [0.05, 0.1) is 21.7 Å². The molecule has 0 atom stereocenters. The van der Waals surface area contributed by atoms with Gasteiger partial charge in [0.2, 0.25) is 0 Å². The van der Waals surface area contributed by atoms with Gasteiger partial charge in [-0.25, -0.2) is 4.79 Å². The highest BCUT2D eigenvalue weighted by Gasteiger charge is 2.22. The molecule has 0 aliphatic carbocycles. The fourth-order valence-corrected chi connectivity index (χ4v) is 3.39. The molecule has 0 bridgehead atoms. The Labute approximate surface area is 138 Å². The Kier molecular flexibility index (Phi) is 3.78. The zero-order valence-corrected chi connectivity index (χ0v) is 12.8. The SMILES string of the molecule is O=C(O)c1c(O)c(=O)n(Cc2cccc([N+](=O)[O-])c2)c2ccsc12. The quantitative estimate of drug-likeness (QED) is 0.552. The van der Waals surface area contributed by atoms with Crippen molar-refractivity contribution in [1.82, 2.24) is 4.57 Å². The number of benzene rings is 1. The summed E-state index contributed by atoms with van der Waals surface area (Å²) in [4.78, 5) is 34.0. The maximum atomic E-state index is 12.3. The van der Waals surface area contributed by atoms with Crippen LogP contribution in [0.2, 0.25) is 0 Å². The Balaban J connectivity index is 2.19. The van der Waals surface area contributed by atoms with Crippen LogP contribution >= 0.6 is 11.3 Å². The molecule has 8 nitrogen and oxygen atoms in total. The number of nitrogens with zero attached hydrogens (tertiary/aromatic N) is 2. The van der Waals surface area contributed by atoms with Crippen LogP contribution in [-0.4, -0.2) is 25.7 Å². The highest BCUT2D eigenvalue weighted by molar-refractivity contribution is 7.17. The molecule has 0 radical (unpaired) electrons. The Morgan fingerprint density at radius 3 is 2.75 bits per heavy atom. The molecule has 0 saturated heterocycles. The van der Waals surface area contributed by atoms with Crippen LogP contribution in [0, 0.1) is 10.1 Å². The monoisotopic (exact) mass is 346 g/mol. The highest BCUT2D eigenvalue weighted by atomic mass is 32.1. The number of nitro benzene ring substituents is 1. The van der Waals surface area contributed by atoms with Crippen molar-refractivity contribution in [2.45, 2.75) is 6.54 Å². The third-order valence-electron chi connectivity index (χ3n) is 3.52. The zero-order chi connectivity index (χ0) is 17.4. The number of rotatable bonds is 4. The van der Waals surface area contributed by atoms with Crippen molar-refractivity contribution in [3.63, 3.8) is 0 Å². The van der Waals surface area contributed by atoms with E-state index in [1.807, 2.05) is 0 Å². The first-order valence-electron chi connectivity index (χ1n) is 6.69. The largest absolute Gasteiger partial charge is 0.502 e. The number of carboxylic acid groups (broad SMARTS) is 1. The van der Waals surface area contributed by atoms with Crippen LogP contribution < -0.4 is 5.56 Å². The molecule has 3 rings (SSSR count). The maximum absolute atomic E-state index is 12.3. The number of hydrogen-bond donors (Lipinski definition) is 2. The molecule has 0 amide bonds. The van der Waals surface area contributed by atoms with Gasteiger partial charge in [0.1, 0.15) is 5.56 Å². The molecule has 2 aromatic heterocycles. The summed E-state index contributed by atoms with van der Waals surface area (Å²) in [6.07, 6.45) is 0. The van der Waals surface area contributed by atoms with Gasteiger partial charge in [-0.15, -0.1) is 11.3 Å². The summed E-state index contributed by atoms with van der Waals surface area (Å²) in [6.45, 7) is -0.0266. The Bertz CT molecular complexity index is 1040. The summed E-state index contributed by atoms with van der Waals surface area (Å²) in [7, 11) is 0. The van der Waals surface area contributed by atoms with Crippen LogP contribution in [0.1, 0.15) is 15.9 Å². The number of thiophene rings is 1. The number of nitro groups is 1. The molecular formula is C15H10N2O6S. The minimum Gasteiger partial charge on any atom is -0.502 e.